The molecule has 2 aliphatic heterocycles. The van der Waals surface area contributed by atoms with Crippen LogP contribution in [-0.4, -0.2) is 93.4 Å². The van der Waals surface area contributed by atoms with Crippen molar-refractivity contribution in [2.24, 2.45) is 11.8 Å². The average molecular weight is 531 g/mol. The lowest BCUT2D eigenvalue weighted by atomic mass is 9.93. The lowest BCUT2D eigenvalue weighted by Crippen LogP contribution is -2.48. The summed E-state index contributed by atoms with van der Waals surface area (Å²) < 4.78 is 16.4. The van der Waals surface area contributed by atoms with E-state index >= 15 is 0 Å². The maximum Gasteiger partial charge on any atom is 0.254 e. The predicted octanol–water partition coefficient (Wildman–Crippen LogP) is 2.20. The number of hydroxylamine groups is 1. The third-order valence-corrected chi connectivity index (χ3v) is 7.46. The minimum atomic E-state index is -0.432. The van der Waals surface area contributed by atoms with E-state index in [0.717, 1.165) is 32.4 Å². The van der Waals surface area contributed by atoms with Crippen molar-refractivity contribution in [2.45, 2.75) is 51.2 Å². The molecule has 2 amide bonds. The highest BCUT2D eigenvalue weighted by Gasteiger charge is 2.40. The number of carbonyl (C=O) groups is 2. The summed E-state index contributed by atoms with van der Waals surface area (Å²) in [6.45, 7) is 8.08. The minimum absolute atomic E-state index is 0.0167. The molecule has 1 aromatic rings. The molecule has 1 saturated heterocycles. The van der Waals surface area contributed by atoms with Gasteiger partial charge >= 0.3 is 0 Å². The monoisotopic (exact) mass is 530 g/mol. The van der Waals surface area contributed by atoms with Crippen LogP contribution >= 0.6 is 0 Å². The molecule has 0 aromatic heterocycles. The summed E-state index contributed by atoms with van der Waals surface area (Å²) >= 11 is 0. The zero-order chi connectivity index (χ0) is 27.1. The average Bonchev–Trinajstić information content (AvgIpc) is 3.41. The number of methoxy groups -OCH3 is 2. The molecule has 10 nitrogen and oxygen atoms in total. The number of hydrogen-bond donors (Lipinski definition) is 2. The Morgan fingerprint density at radius 1 is 1.08 bits per heavy atom. The molecule has 4 rings (SSSR count). The molecule has 38 heavy (non-hydrogen) atoms. The lowest BCUT2D eigenvalue weighted by molar-refractivity contribution is -0.135. The lowest BCUT2D eigenvalue weighted by Gasteiger charge is -2.34. The van der Waals surface area contributed by atoms with Crippen molar-refractivity contribution in [3.8, 4) is 11.5 Å². The quantitative estimate of drug-likeness (QED) is 0.353. The number of rotatable bonds is 14. The topological polar surface area (TPSA) is 102 Å². The van der Waals surface area contributed by atoms with Gasteiger partial charge in [0, 0.05) is 64.0 Å². The van der Waals surface area contributed by atoms with Gasteiger partial charge in [-0.3, -0.25) is 9.59 Å². The fourth-order valence-electron chi connectivity index (χ4n) is 5.11. The first-order valence-corrected chi connectivity index (χ1v) is 13.6. The molecule has 210 valence electrons. The van der Waals surface area contributed by atoms with E-state index in [1.165, 1.54) is 6.26 Å². The number of nitrogens with zero attached hydrogens (tertiary/aromatic N) is 2. The summed E-state index contributed by atoms with van der Waals surface area (Å²) in [5, 5.41) is 3.50. The van der Waals surface area contributed by atoms with E-state index in [1.807, 2.05) is 23.6 Å². The summed E-state index contributed by atoms with van der Waals surface area (Å²) in [6, 6.07) is 5.22. The molecule has 3 aliphatic rings. The normalized spacial score (nSPS) is 22.4. The van der Waals surface area contributed by atoms with Crippen LogP contribution in [0.15, 0.2) is 30.5 Å². The molecule has 0 spiro atoms. The van der Waals surface area contributed by atoms with Gasteiger partial charge in [-0.2, -0.15) is 0 Å². The molecule has 0 radical (unpaired) electrons. The van der Waals surface area contributed by atoms with Gasteiger partial charge in [0.05, 0.1) is 13.7 Å². The van der Waals surface area contributed by atoms with Gasteiger partial charge in [-0.1, -0.05) is 0 Å². The Morgan fingerprint density at radius 3 is 2.47 bits per heavy atom. The second-order valence-corrected chi connectivity index (χ2v) is 10.6. The van der Waals surface area contributed by atoms with Crippen LogP contribution in [0.25, 0.3) is 0 Å². The SMILES string of the molecule is COCCCOc1cc(C(=O)N(C[C@@H]2CNC[C@H]2CN(C(=O)C2C=CON2)C2CC2)C(C)C)ccc1OC. The predicted molar refractivity (Wildman–Crippen MR) is 143 cm³/mol. The maximum absolute atomic E-state index is 13.7. The fraction of sp³-hybridized carbons (Fsp3) is 0.643. The number of nitrogens with one attached hydrogen (secondary N) is 2. The number of ether oxygens (including phenoxy) is 3. The molecule has 0 bridgehead atoms. The summed E-state index contributed by atoms with van der Waals surface area (Å²) in [4.78, 5) is 35.9. The standard InChI is InChI=1S/C28H42N4O6/c1-19(2)31(27(33)20-6-9-25(36-4)26(14-20)37-12-5-11-35-3)17-21-15-29-16-22(21)18-32(23-7-8-23)28(34)24-10-13-38-30-24/h6,9-10,13-14,19,21-24,29-30H,5,7-8,11-12,15-18H2,1-4H3/t21-,22-,24?/m0/s1. The van der Waals surface area contributed by atoms with Crippen LogP contribution in [0.3, 0.4) is 0 Å². The van der Waals surface area contributed by atoms with Crippen molar-refractivity contribution in [3.05, 3.63) is 36.1 Å². The number of amides is 2. The van der Waals surface area contributed by atoms with Gasteiger partial charge in [-0.25, -0.2) is 0 Å². The summed E-state index contributed by atoms with van der Waals surface area (Å²) in [5.74, 6) is 1.66. The van der Waals surface area contributed by atoms with Crippen molar-refractivity contribution in [1.82, 2.24) is 20.6 Å². The third-order valence-electron chi connectivity index (χ3n) is 7.46. The van der Waals surface area contributed by atoms with Gasteiger partial charge in [0.1, 0.15) is 12.3 Å². The van der Waals surface area contributed by atoms with Crippen LogP contribution in [0.5, 0.6) is 11.5 Å². The zero-order valence-electron chi connectivity index (χ0n) is 23.0. The maximum atomic E-state index is 13.7. The number of carbonyl (C=O) groups excluding carboxylic acids is 2. The van der Waals surface area contributed by atoms with Gasteiger partial charge in [0.15, 0.2) is 11.5 Å². The Labute approximate surface area is 225 Å². The van der Waals surface area contributed by atoms with Crippen LogP contribution < -0.4 is 20.3 Å². The van der Waals surface area contributed by atoms with Crippen molar-refractivity contribution in [2.75, 3.05) is 53.6 Å². The Hall–Kier alpha value is -2.82. The first-order valence-electron chi connectivity index (χ1n) is 13.6. The summed E-state index contributed by atoms with van der Waals surface area (Å²) in [6.07, 6.45) is 6.10. The molecular weight excluding hydrogens is 488 g/mol. The first-order chi connectivity index (χ1) is 18.4. The molecular formula is C28H42N4O6. The first kappa shape index (κ1) is 28.2. The van der Waals surface area contributed by atoms with Gasteiger partial charge in [0.2, 0.25) is 5.91 Å². The summed E-state index contributed by atoms with van der Waals surface area (Å²) in [5.41, 5.74) is 3.34. The molecule has 2 heterocycles. The van der Waals surface area contributed by atoms with Crippen molar-refractivity contribution < 1.29 is 28.6 Å². The highest BCUT2D eigenvalue weighted by atomic mass is 16.6. The Balaban J connectivity index is 1.43. The molecule has 1 unspecified atom stereocenters. The highest BCUT2D eigenvalue weighted by Crippen LogP contribution is 2.32. The molecule has 2 N–H and O–H groups in total. The van der Waals surface area contributed by atoms with E-state index in [4.69, 9.17) is 19.0 Å². The van der Waals surface area contributed by atoms with E-state index in [9.17, 15) is 9.59 Å². The van der Waals surface area contributed by atoms with Crippen LogP contribution in [0, 0.1) is 11.8 Å². The largest absolute Gasteiger partial charge is 0.493 e. The van der Waals surface area contributed by atoms with E-state index < -0.39 is 6.04 Å². The number of benzene rings is 1. The Bertz CT molecular complexity index is 982. The van der Waals surface area contributed by atoms with Gasteiger partial charge in [0.25, 0.3) is 5.91 Å². The zero-order valence-corrected chi connectivity index (χ0v) is 23.0. The van der Waals surface area contributed by atoms with E-state index in [2.05, 4.69) is 10.8 Å². The van der Waals surface area contributed by atoms with E-state index in [-0.39, 0.29) is 29.7 Å². The van der Waals surface area contributed by atoms with Gasteiger partial charge < -0.3 is 34.2 Å². The van der Waals surface area contributed by atoms with E-state index in [1.54, 1.807) is 38.5 Å². The molecule has 2 fully saturated rings. The van der Waals surface area contributed by atoms with Crippen molar-refractivity contribution >= 4 is 11.8 Å². The van der Waals surface area contributed by atoms with Crippen molar-refractivity contribution in [1.29, 1.82) is 0 Å². The molecule has 1 aliphatic carbocycles. The van der Waals surface area contributed by atoms with Crippen LogP contribution in [0.1, 0.15) is 43.5 Å². The smallest absolute Gasteiger partial charge is 0.254 e. The Morgan fingerprint density at radius 2 is 1.84 bits per heavy atom. The van der Waals surface area contributed by atoms with E-state index in [0.29, 0.717) is 49.4 Å². The third kappa shape index (κ3) is 6.98. The molecule has 3 atom stereocenters. The fourth-order valence-corrected chi connectivity index (χ4v) is 5.11. The second kappa shape index (κ2) is 13.3. The van der Waals surface area contributed by atoms with Crippen LogP contribution in [0.2, 0.25) is 0 Å². The van der Waals surface area contributed by atoms with Crippen molar-refractivity contribution in [3.63, 3.8) is 0 Å². The molecule has 10 heteroatoms. The minimum Gasteiger partial charge on any atom is -0.493 e. The number of hydrogen-bond acceptors (Lipinski definition) is 8. The Kier molecular flexibility index (Phi) is 9.87. The van der Waals surface area contributed by atoms with Gasteiger partial charge in [-0.15, -0.1) is 5.48 Å². The van der Waals surface area contributed by atoms with Crippen LogP contribution in [0.4, 0.5) is 0 Å². The van der Waals surface area contributed by atoms with Gasteiger partial charge in [-0.05, 0) is 62.8 Å². The second-order valence-electron chi connectivity index (χ2n) is 10.6. The molecule has 1 saturated carbocycles. The molecule has 1 aromatic carbocycles. The highest BCUT2D eigenvalue weighted by molar-refractivity contribution is 5.95. The van der Waals surface area contributed by atoms with Crippen LogP contribution in [-0.2, 0) is 14.4 Å². The summed E-state index contributed by atoms with van der Waals surface area (Å²) in [7, 11) is 3.25.